The number of hydrogen-bond donors (Lipinski definition) is 4. The molecule has 2 aromatic rings. The molecule has 0 bridgehead atoms. The summed E-state index contributed by atoms with van der Waals surface area (Å²) in [6, 6.07) is 8.99. The molecular weight excluding hydrogens is 426 g/mol. The minimum absolute atomic E-state index is 0.159. The molecule has 0 aromatic heterocycles. The van der Waals surface area contributed by atoms with Gasteiger partial charge in [-0.15, -0.1) is 0 Å². The molecule has 31 heavy (non-hydrogen) atoms. The molecule has 0 unspecified atom stereocenters. The number of rotatable bonds is 6. The van der Waals surface area contributed by atoms with Gasteiger partial charge in [-0.05, 0) is 44.0 Å². The Labute approximate surface area is 182 Å². The average molecular weight is 446 g/mol. The fourth-order valence-corrected chi connectivity index (χ4v) is 2.57. The Morgan fingerprint density at radius 3 is 2.39 bits per heavy atom. The molecule has 2 rings (SSSR count). The number of nitrogens with one attached hydrogen (secondary N) is 4. The van der Waals surface area contributed by atoms with Crippen molar-refractivity contribution in [2.45, 2.75) is 20.8 Å². The zero-order valence-corrected chi connectivity index (χ0v) is 17.7. The van der Waals surface area contributed by atoms with Crippen LogP contribution in [0, 0.1) is 24.0 Å². The number of nitro groups is 1. The summed E-state index contributed by atoms with van der Waals surface area (Å²) in [5, 5.41) is 16.3. The number of benzene rings is 2. The first-order valence-corrected chi connectivity index (χ1v) is 9.33. The smallest absolute Gasteiger partial charge is 0.322 e. The van der Waals surface area contributed by atoms with Gasteiger partial charge in [0.05, 0.1) is 10.6 Å². The van der Waals surface area contributed by atoms with Crippen molar-refractivity contribution in [3.63, 3.8) is 0 Å². The Hall–Kier alpha value is -3.92. The highest BCUT2D eigenvalue weighted by Crippen LogP contribution is 2.23. The molecule has 0 fully saturated rings. The molecule has 0 aliphatic heterocycles. The molecule has 4 N–H and O–H groups in total. The van der Waals surface area contributed by atoms with Crippen LogP contribution in [0.25, 0.3) is 0 Å². The van der Waals surface area contributed by atoms with Gasteiger partial charge in [-0.25, -0.2) is 0 Å². The van der Waals surface area contributed by atoms with Gasteiger partial charge in [0.15, 0.2) is 0 Å². The van der Waals surface area contributed by atoms with Crippen molar-refractivity contribution in [1.82, 2.24) is 10.9 Å². The molecule has 0 saturated heterocycles. The van der Waals surface area contributed by atoms with Crippen LogP contribution in [0.15, 0.2) is 48.2 Å². The van der Waals surface area contributed by atoms with Gasteiger partial charge in [0.1, 0.15) is 0 Å². The Morgan fingerprint density at radius 2 is 1.71 bits per heavy atom. The van der Waals surface area contributed by atoms with Gasteiger partial charge in [-0.3, -0.25) is 29.9 Å². The molecular formula is C20H20ClN5O5. The van der Waals surface area contributed by atoms with Crippen LogP contribution in [0.3, 0.4) is 0 Å². The maximum atomic E-state index is 12.1. The number of non-ortho nitro benzene ring substituents is 1. The van der Waals surface area contributed by atoms with Crippen LogP contribution < -0.4 is 21.5 Å². The SMILES string of the molecule is CC(=CC(=O)Nc1cc([N+](=O)[O-])ccc1C)NNC(=O)C(=O)Nc1cccc(Cl)c1C. The maximum Gasteiger partial charge on any atom is 0.327 e. The molecule has 0 aliphatic carbocycles. The fraction of sp³-hybridized carbons (Fsp3) is 0.150. The van der Waals surface area contributed by atoms with E-state index in [1.807, 2.05) is 0 Å². The molecule has 11 heteroatoms. The summed E-state index contributed by atoms with van der Waals surface area (Å²) in [6.45, 7) is 4.87. The average Bonchev–Trinajstić information content (AvgIpc) is 2.70. The number of hydrogen-bond acceptors (Lipinski definition) is 6. The van der Waals surface area contributed by atoms with Crippen molar-refractivity contribution in [2.24, 2.45) is 0 Å². The van der Waals surface area contributed by atoms with Crippen LogP contribution in [0.2, 0.25) is 5.02 Å². The fourth-order valence-electron chi connectivity index (χ4n) is 2.39. The number of anilines is 2. The van der Waals surface area contributed by atoms with Gasteiger partial charge in [0.25, 0.3) is 5.69 Å². The molecule has 0 atom stereocenters. The molecule has 0 saturated carbocycles. The maximum absolute atomic E-state index is 12.1. The van der Waals surface area contributed by atoms with Crippen molar-refractivity contribution in [1.29, 1.82) is 0 Å². The third-order valence-electron chi connectivity index (χ3n) is 4.13. The molecule has 2 aromatic carbocycles. The second kappa shape index (κ2) is 10.2. The standard InChI is InChI=1S/C20H20ClN5O5/c1-11-7-8-14(26(30)31)10-17(11)22-18(27)9-12(2)24-25-20(29)19(28)23-16-6-4-5-15(21)13(16)3/h4-10,24H,1-3H3,(H,22,27)(H,23,28)(H,25,29). The second-order valence-electron chi connectivity index (χ2n) is 6.52. The Morgan fingerprint density at radius 1 is 1.00 bits per heavy atom. The first kappa shape index (κ1) is 23.4. The van der Waals surface area contributed by atoms with Gasteiger partial charge >= 0.3 is 11.8 Å². The lowest BCUT2D eigenvalue weighted by molar-refractivity contribution is -0.384. The monoisotopic (exact) mass is 445 g/mol. The lowest BCUT2D eigenvalue weighted by Crippen LogP contribution is -2.43. The van der Waals surface area contributed by atoms with E-state index in [4.69, 9.17) is 11.6 Å². The zero-order chi connectivity index (χ0) is 23.1. The van der Waals surface area contributed by atoms with E-state index in [2.05, 4.69) is 21.5 Å². The van der Waals surface area contributed by atoms with Crippen molar-refractivity contribution in [3.8, 4) is 0 Å². The summed E-state index contributed by atoms with van der Waals surface area (Å²) in [4.78, 5) is 46.4. The third-order valence-corrected chi connectivity index (χ3v) is 4.54. The summed E-state index contributed by atoms with van der Waals surface area (Å²) >= 11 is 5.98. The van der Waals surface area contributed by atoms with Crippen molar-refractivity contribution < 1.29 is 19.3 Å². The van der Waals surface area contributed by atoms with Crippen LogP contribution in [0.1, 0.15) is 18.1 Å². The van der Waals surface area contributed by atoms with Crippen LogP contribution in [-0.2, 0) is 14.4 Å². The topological polar surface area (TPSA) is 142 Å². The molecule has 0 heterocycles. The van der Waals surface area contributed by atoms with Crippen molar-refractivity contribution >= 4 is 46.4 Å². The Kier molecular flexibility index (Phi) is 7.70. The number of nitrogens with zero attached hydrogens (tertiary/aromatic N) is 1. The Bertz CT molecular complexity index is 1080. The first-order valence-electron chi connectivity index (χ1n) is 8.95. The highest BCUT2D eigenvalue weighted by Gasteiger charge is 2.15. The number of carbonyl (C=O) groups is 3. The number of amides is 3. The van der Waals surface area contributed by atoms with E-state index in [0.717, 1.165) is 6.08 Å². The van der Waals surface area contributed by atoms with E-state index in [1.54, 1.807) is 32.0 Å². The number of nitro benzene ring substituents is 1. The van der Waals surface area contributed by atoms with Gasteiger partial charge in [-0.2, -0.15) is 0 Å². The summed E-state index contributed by atoms with van der Waals surface area (Å²) in [5.41, 5.74) is 6.60. The Balaban J connectivity index is 1.93. The first-order chi connectivity index (χ1) is 14.6. The number of carbonyl (C=O) groups excluding carboxylic acids is 3. The summed E-state index contributed by atoms with van der Waals surface area (Å²) in [5.74, 6) is -2.49. The minimum Gasteiger partial charge on any atom is -0.322 e. The lowest BCUT2D eigenvalue weighted by Gasteiger charge is -2.11. The molecule has 0 spiro atoms. The van der Waals surface area contributed by atoms with Gasteiger partial charge < -0.3 is 16.1 Å². The van der Waals surface area contributed by atoms with Gasteiger partial charge in [-0.1, -0.05) is 23.7 Å². The summed E-state index contributed by atoms with van der Waals surface area (Å²) < 4.78 is 0. The quantitative estimate of drug-likeness (QED) is 0.233. The highest BCUT2D eigenvalue weighted by molar-refractivity contribution is 6.40. The molecule has 0 radical (unpaired) electrons. The summed E-state index contributed by atoms with van der Waals surface area (Å²) in [7, 11) is 0. The summed E-state index contributed by atoms with van der Waals surface area (Å²) in [6.07, 6.45) is 1.12. The molecule has 0 aliphatic rings. The number of halogens is 1. The number of allylic oxidation sites excluding steroid dienone is 1. The third kappa shape index (κ3) is 6.54. The van der Waals surface area contributed by atoms with E-state index in [1.165, 1.54) is 25.1 Å². The highest BCUT2D eigenvalue weighted by atomic mass is 35.5. The van der Waals surface area contributed by atoms with Crippen molar-refractivity contribution in [3.05, 3.63) is 74.4 Å². The van der Waals surface area contributed by atoms with E-state index in [-0.39, 0.29) is 17.1 Å². The van der Waals surface area contributed by atoms with Crippen LogP contribution in [0.5, 0.6) is 0 Å². The van der Waals surface area contributed by atoms with Crippen LogP contribution in [0.4, 0.5) is 17.1 Å². The van der Waals surface area contributed by atoms with Gasteiger partial charge in [0.2, 0.25) is 5.91 Å². The second-order valence-corrected chi connectivity index (χ2v) is 6.93. The predicted molar refractivity (Wildman–Crippen MR) is 116 cm³/mol. The van der Waals surface area contributed by atoms with Crippen molar-refractivity contribution in [2.75, 3.05) is 10.6 Å². The van der Waals surface area contributed by atoms with E-state index < -0.39 is 22.6 Å². The minimum atomic E-state index is -0.984. The van der Waals surface area contributed by atoms with E-state index in [9.17, 15) is 24.5 Å². The zero-order valence-electron chi connectivity index (χ0n) is 16.9. The predicted octanol–water partition coefficient (Wildman–Crippen LogP) is 2.97. The molecule has 10 nitrogen and oxygen atoms in total. The lowest BCUT2D eigenvalue weighted by atomic mass is 10.2. The van der Waals surface area contributed by atoms with E-state index in [0.29, 0.717) is 21.8 Å². The molecule has 3 amide bonds. The van der Waals surface area contributed by atoms with Gasteiger partial charge in [0, 0.05) is 34.6 Å². The number of aryl methyl sites for hydroxylation is 1. The van der Waals surface area contributed by atoms with Crippen LogP contribution >= 0.6 is 11.6 Å². The number of hydrazine groups is 1. The van der Waals surface area contributed by atoms with E-state index >= 15 is 0 Å². The van der Waals surface area contributed by atoms with Crippen LogP contribution in [-0.4, -0.2) is 22.6 Å². The normalized spacial score (nSPS) is 10.8. The molecule has 162 valence electrons. The largest absolute Gasteiger partial charge is 0.327 e.